The maximum Gasteiger partial charge on any atom is 0.469 e. The lowest BCUT2D eigenvalue weighted by Crippen LogP contribution is -2.43. The first-order valence-electron chi connectivity index (χ1n) is 6.35. The first kappa shape index (κ1) is 21.8. The number of carbonyl (C=O) groups is 3. The van der Waals surface area contributed by atoms with E-state index in [2.05, 4.69) is 27.8 Å². The van der Waals surface area contributed by atoms with Gasteiger partial charge in [-0.2, -0.15) is 12.6 Å². The molecule has 2 amide bonds. The van der Waals surface area contributed by atoms with Gasteiger partial charge in [0, 0.05) is 25.1 Å². The van der Waals surface area contributed by atoms with E-state index in [-0.39, 0.29) is 25.1 Å². The van der Waals surface area contributed by atoms with Gasteiger partial charge >= 0.3 is 13.8 Å². The number of amides is 2. The smallest absolute Gasteiger partial charge is 0.469 e. The molecule has 0 aromatic heterocycles. The van der Waals surface area contributed by atoms with E-state index in [9.17, 15) is 24.1 Å². The van der Waals surface area contributed by atoms with Crippen molar-refractivity contribution in [2.75, 3.05) is 18.9 Å². The van der Waals surface area contributed by atoms with E-state index in [4.69, 9.17) is 14.9 Å². The largest absolute Gasteiger partial charge is 0.480 e. The quantitative estimate of drug-likeness (QED) is 0.157. The predicted octanol–water partition coefficient (Wildman–Crippen LogP) is -2.15. The molecule has 11 nitrogen and oxygen atoms in total. The van der Waals surface area contributed by atoms with E-state index < -0.39 is 44.4 Å². The molecule has 13 heteroatoms. The normalized spacial score (nSPS) is 13.9. The molecule has 134 valence electrons. The van der Waals surface area contributed by atoms with Crippen LogP contribution in [0.5, 0.6) is 0 Å². The number of hydrogen-bond donors (Lipinski definition) is 7. The number of phosphoric ester groups is 1. The molecule has 0 aromatic carbocycles. The van der Waals surface area contributed by atoms with Gasteiger partial charge in [-0.3, -0.25) is 14.1 Å². The van der Waals surface area contributed by atoms with Crippen LogP contribution in [0.4, 0.5) is 0 Å². The number of carbonyl (C=O) groups excluding carboxylic acids is 2. The van der Waals surface area contributed by atoms with Crippen molar-refractivity contribution in [1.82, 2.24) is 10.6 Å². The fourth-order valence-electron chi connectivity index (χ4n) is 1.28. The minimum Gasteiger partial charge on any atom is -0.480 e. The lowest BCUT2D eigenvalue weighted by atomic mass is 10.2. The average molecular weight is 374 g/mol. The Kier molecular flexibility index (Phi) is 10.0. The molecule has 0 saturated carbocycles. The Morgan fingerprint density at radius 1 is 1.26 bits per heavy atom. The number of carboxylic acids is 1. The van der Waals surface area contributed by atoms with Crippen LogP contribution in [-0.2, 0) is 23.5 Å². The molecule has 0 fully saturated rings. The van der Waals surface area contributed by atoms with Crippen molar-refractivity contribution in [2.45, 2.75) is 25.0 Å². The summed E-state index contributed by atoms with van der Waals surface area (Å²) in [5.41, 5.74) is 0. The summed E-state index contributed by atoms with van der Waals surface area (Å²) in [6.07, 6.45) is -2.12. The van der Waals surface area contributed by atoms with E-state index >= 15 is 0 Å². The third-order valence-electron chi connectivity index (χ3n) is 2.42. The Hall–Kier alpha value is -1.17. The Morgan fingerprint density at radius 3 is 2.35 bits per heavy atom. The lowest BCUT2D eigenvalue weighted by molar-refractivity contribution is -0.141. The summed E-state index contributed by atoms with van der Waals surface area (Å²) in [7, 11) is -4.66. The van der Waals surface area contributed by atoms with Crippen molar-refractivity contribution in [2.24, 2.45) is 0 Å². The van der Waals surface area contributed by atoms with E-state index in [1.807, 2.05) is 0 Å². The summed E-state index contributed by atoms with van der Waals surface area (Å²) in [6, 6.07) is -1.14. The second-order valence-electron chi connectivity index (χ2n) is 4.31. The zero-order valence-electron chi connectivity index (χ0n) is 11.9. The molecule has 0 saturated heterocycles. The van der Waals surface area contributed by atoms with Crippen molar-refractivity contribution in [3.63, 3.8) is 0 Å². The molecule has 0 aliphatic heterocycles. The number of phosphoric acid groups is 1. The van der Waals surface area contributed by atoms with Crippen LogP contribution in [0, 0.1) is 0 Å². The lowest BCUT2D eigenvalue weighted by Gasteiger charge is -2.13. The highest BCUT2D eigenvalue weighted by Crippen LogP contribution is 2.35. The average Bonchev–Trinajstić information content (AvgIpc) is 2.42. The van der Waals surface area contributed by atoms with Crippen molar-refractivity contribution < 1.29 is 43.5 Å². The molecular formula is C10H19N2O9PS. The number of rotatable bonds is 11. The number of aliphatic carboxylic acids is 1. The summed E-state index contributed by atoms with van der Waals surface area (Å²) in [6.45, 7) is -0.679. The van der Waals surface area contributed by atoms with Crippen LogP contribution in [0.15, 0.2) is 0 Å². The fourth-order valence-corrected chi connectivity index (χ4v) is 1.87. The second kappa shape index (κ2) is 10.6. The monoisotopic (exact) mass is 374 g/mol. The molecule has 1 unspecified atom stereocenters. The molecular weight excluding hydrogens is 355 g/mol. The van der Waals surface area contributed by atoms with E-state index in [1.165, 1.54) is 0 Å². The standard InChI is InChI=1S/C10H19N2O9PS/c13-7(2-4-21-22(18,19)20)9(15)11-3-1-8(14)12-6(5-23)10(16)17/h6-7,13,23H,1-5H2,(H,11,15)(H,12,14)(H,16,17)(H2,18,19,20)/t6?,7-/m1/s1. The molecule has 0 aromatic rings. The highest BCUT2D eigenvalue weighted by atomic mass is 32.1. The highest BCUT2D eigenvalue weighted by Gasteiger charge is 2.20. The maximum atomic E-state index is 11.4. The number of aliphatic hydroxyl groups excluding tert-OH is 1. The zero-order chi connectivity index (χ0) is 18.0. The Balaban J connectivity index is 3.98. The molecule has 0 heterocycles. The number of thiol groups is 1. The van der Waals surface area contributed by atoms with Gasteiger partial charge in [0.2, 0.25) is 11.8 Å². The van der Waals surface area contributed by atoms with Crippen molar-refractivity contribution in [1.29, 1.82) is 0 Å². The molecule has 0 bridgehead atoms. The van der Waals surface area contributed by atoms with Crippen LogP contribution in [0.1, 0.15) is 12.8 Å². The van der Waals surface area contributed by atoms with Crippen molar-refractivity contribution in [3.8, 4) is 0 Å². The van der Waals surface area contributed by atoms with Crippen LogP contribution in [0.25, 0.3) is 0 Å². The van der Waals surface area contributed by atoms with Crippen LogP contribution in [0.2, 0.25) is 0 Å². The fraction of sp³-hybridized carbons (Fsp3) is 0.700. The summed E-state index contributed by atoms with van der Waals surface area (Å²) in [5.74, 6) is -2.80. The molecule has 0 radical (unpaired) electrons. The van der Waals surface area contributed by atoms with E-state index in [0.29, 0.717) is 0 Å². The third-order valence-corrected chi connectivity index (χ3v) is 3.30. The molecule has 0 aliphatic carbocycles. The molecule has 2 atom stereocenters. The Labute approximate surface area is 137 Å². The number of hydrogen-bond acceptors (Lipinski definition) is 7. The van der Waals surface area contributed by atoms with Gasteiger partial charge in [-0.25, -0.2) is 9.36 Å². The highest BCUT2D eigenvalue weighted by molar-refractivity contribution is 7.80. The van der Waals surface area contributed by atoms with Gasteiger partial charge in [-0.1, -0.05) is 0 Å². The minimum atomic E-state index is -4.66. The second-order valence-corrected chi connectivity index (χ2v) is 5.91. The zero-order valence-corrected chi connectivity index (χ0v) is 13.7. The SMILES string of the molecule is O=C(CCNC(=O)[C@H](O)CCOP(=O)(O)O)NC(CS)C(=O)O. The first-order chi connectivity index (χ1) is 10.6. The van der Waals surface area contributed by atoms with Crippen LogP contribution in [-0.4, -0.2) is 68.8 Å². The maximum absolute atomic E-state index is 11.4. The summed E-state index contributed by atoms with van der Waals surface area (Å²) in [4.78, 5) is 50.4. The van der Waals surface area contributed by atoms with E-state index in [0.717, 1.165) is 0 Å². The summed E-state index contributed by atoms with van der Waals surface area (Å²) < 4.78 is 14.5. The van der Waals surface area contributed by atoms with Crippen LogP contribution >= 0.6 is 20.5 Å². The molecule has 0 rings (SSSR count). The molecule has 6 N–H and O–H groups in total. The van der Waals surface area contributed by atoms with Gasteiger partial charge < -0.3 is 30.6 Å². The number of nitrogens with one attached hydrogen (secondary N) is 2. The van der Waals surface area contributed by atoms with Gasteiger partial charge in [0.1, 0.15) is 12.1 Å². The molecule has 0 aliphatic rings. The summed E-state index contributed by atoms with van der Waals surface area (Å²) >= 11 is 3.77. The van der Waals surface area contributed by atoms with Crippen molar-refractivity contribution >= 4 is 38.2 Å². The third kappa shape index (κ3) is 11.1. The van der Waals surface area contributed by atoms with Crippen LogP contribution < -0.4 is 10.6 Å². The predicted molar refractivity (Wildman–Crippen MR) is 79.7 cm³/mol. The van der Waals surface area contributed by atoms with Gasteiger partial charge in [-0.15, -0.1) is 0 Å². The number of aliphatic hydroxyl groups is 1. The number of carboxylic acid groups (broad SMARTS) is 1. The summed E-state index contributed by atoms with van der Waals surface area (Å²) in [5, 5.41) is 22.5. The van der Waals surface area contributed by atoms with Gasteiger partial charge in [0.05, 0.1) is 6.61 Å². The van der Waals surface area contributed by atoms with Crippen molar-refractivity contribution in [3.05, 3.63) is 0 Å². The Bertz CT molecular complexity index is 469. The minimum absolute atomic E-state index is 0.0916. The van der Waals surface area contributed by atoms with Gasteiger partial charge in [-0.05, 0) is 0 Å². The molecule has 23 heavy (non-hydrogen) atoms. The van der Waals surface area contributed by atoms with E-state index in [1.54, 1.807) is 0 Å². The van der Waals surface area contributed by atoms with Gasteiger partial charge in [0.15, 0.2) is 0 Å². The van der Waals surface area contributed by atoms with Crippen LogP contribution in [0.3, 0.4) is 0 Å². The Morgan fingerprint density at radius 2 is 1.87 bits per heavy atom. The first-order valence-corrected chi connectivity index (χ1v) is 8.52. The topological polar surface area (TPSA) is 182 Å². The molecule has 0 spiro atoms. The van der Waals surface area contributed by atoms with Gasteiger partial charge in [0.25, 0.3) is 0 Å².